The zero-order chi connectivity index (χ0) is 25.9. The summed E-state index contributed by atoms with van der Waals surface area (Å²) in [7, 11) is 0. The molecule has 0 aliphatic heterocycles. The number of benzene rings is 2. The third-order valence-corrected chi connectivity index (χ3v) is 6.56. The lowest BCUT2D eigenvalue weighted by atomic mass is 9.78. The first-order valence-corrected chi connectivity index (χ1v) is 12.5. The van der Waals surface area contributed by atoms with Crippen LogP contribution in [0.2, 0.25) is 0 Å². The van der Waals surface area contributed by atoms with Gasteiger partial charge in [-0.3, -0.25) is 9.78 Å². The monoisotopic (exact) mass is 485 g/mol. The number of alkyl carbamates (subject to hydrolysis) is 1. The first-order valence-electron chi connectivity index (χ1n) is 12.5. The number of amides is 2. The van der Waals surface area contributed by atoms with Crippen molar-refractivity contribution in [1.29, 1.82) is 0 Å². The fourth-order valence-electron chi connectivity index (χ4n) is 4.99. The van der Waals surface area contributed by atoms with Gasteiger partial charge < -0.3 is 15.4 Å². The molecular formula is C30H35N3O3. The van der Waals surface area contributed by atoms with Gasteiger partial charge in [0.05, 0.1) is 0 Å². The van der Waals surface area contributed by atoms with Crippen molar-refractivity contribution >= 4 is 17.7 Å². The van der Waals surface area contributed by atoms with Crippen LogP contribution in [0.5, 0.6) is 0 Å². The minimum atomic E-state index is -0.760. The molecule has 2 aromatic carbocycles. The second-order valence-corrected chi connectivity index (χ2v) is 10.5. The van der Waals surface area contributed by atoms with E-state index in [1.807, 2.05) is 76.4 Å². The fourth-order valence-corrected chi connectivity index (χ4v) is 4.99. The summed E-state index contributed by atoms with van der Waals surface area (Å²) in [4.78, 5) is 30.7. The highest BCUT2D eigenvalue weighted by molar-refractivity contribution is 5.97. The van der Waals surface area contributed by atoms with E-state index in [9.17, 15) is 9.59 Å². The van der Waals surface area contributed by atoms with E-state index < -0.39 is 17.7 Å². The number of fused-ring (bicyclic) bond motifs is 1. The molecule has 0 fully saturated rings. The van der Waals surface area contributed by atoms with Crippen LogP contribution in [0.15, 0.2) is 60.8 Å². The van der Waals surface area contributed by atoms with Gasteiger partial charge in [-0.05, 0) is 94.3 Å². The summed E-state index contributed by atoms with van der Waals surface area (Å²) in [6.45, 7) is 9.49. The van der Waals surface area contributed by atoms with Gasteiger partial charge in [-0.15, -0.1) is 0 Å². The summed E-state index contributed by atoms with van der Waals surface area (Å²) < 4.78 is 5.50. The highest BCUT2D eigenvalue weighted by Crippen LogP contribution is 2.35. The van der Waals surface area contributed by atoms with E-state index in [0.29, 0.717) is 5.69 Å². The number of hydrogen-bond acceptors (Lipinski definition) is 4. The number of nitrogens with zero attached hydrogens (tertiary/aromatic N) is 1. The molecule has 1 heterocycles. The molecule has 0 radical (unpaired) electrons. The summed E-state index contributed by atoms with van der Waals surface area (Å²) in [5.74, 6) is -0.397. The summed E-state index contributed by atoms with van der Waals surface area (Å²) in [5.41, 5.74) is 6.60. The normalized spacial score (nSPS) is 16.0. The Labute approximate surface area is 213 Å². The maximum Gasteiger partial charge on any atom is 0.408 e. The molecule has 0 saturated carbocycles. The van der Waals surface area contributed by atoms with Gasteiger partial charge in [-0.25, -0.2) is 4.79 Å². The lowest BCUT2D eigenvalue weighted by Gasteiger charge is -2.32. The molecule has 2 amide bonds. The van der Waals surface area contributed by atoms with Crippen molar-refractivity contribution in [2.75, 3.05) is 5.32 Å². The van der Waals surface area contributed by atoms with Crippen LogP contribution in [0, 0.1) is 13.8 Å². The van der Waals surface area contributed by atoms with Crippen molar-refractivity contribution in [3.63, 3.8) is 0 Å². The van der Waals surface area contributed by atoms with Gasteiger partial charge in [0, 0.05) is 29.1 Å². The number of aryl methyl sites for hydroxylation is 3. The number of aromatic nitrogens is 1. The molecule has 0 bridgehead atoms. The summed E-state index contributed by atoms with van der Waals surface area (Å²) in [5, 5.41) is 5.90. The Morgan fingerprint density at radius 1 is 1.03 bits per heavy atom. The van der Waals surface area contributed by atoms with Gasteiger partial charge in [0.1, 0.15) is 11.6 Å². The zero-order valence-electron chi connectivity index (χ0n) is 21.7. The van der Waals surface area contributed by atoms with Crippen LogP contribution in [0.4, 0.5) is 10.5 Å². The average Bonchev–Trinajstić information content (AvgIpc) is 2.82. The van der Waals surface area contributed by atoms with Crippen molar-refractivity contribution in [2.45, 2.75) is 71.4 Å². The van der Waals surface area contributed by atoms with Crippen molar-refractivity contribution in [3.05, 3.63) is 83.2 Å². The number of pyridine rings is 1. The van der Waals surface area contributed by atoms with Crippen molar-refractivity contribution in [2.24, 2.45) is 0 Å². The number of carbonyl (C=O) groups is 2. The largest absolute Gasteiger partial charge is 0.444 e. The predicted molar refractivity (Wildman–Crippen MR) is 143 cm³/mol. The lowest BCUT2D eigenvalue weighted by molar-refractivity contribution is -0.118. The van der Waals surface area contributed by atoms with Crippen molar-refractivity contribution < 1.29 is 14.3 Å². The van der Waals surface area contributed by atoms with E-state index in [0.717, 1.165) is 47.2 Å². The minimum absolute atomic E-state index is 0.137. The molecule has 6 heteroatoms. The van der Waals surface area contributed by atoms with Gasteiger partial charge in [0.2, 0.25) is 5.91 Å². The van der Waals surface area contributed by atoms with E-state index in [4.69, 9.17) is 4.74 Å². The summed E-state index contributed by atoms with van der Waals surface area (Å²) in [6.07, 6.45) is 3.96. The maximum atomic E-state index is 13.6. The highest BCUT2D eigenvalue weighted by atomic mass is 16.6. The van der Waals surface area contributed by atoms with Crippen LogP contribution >= 0.6 is 0 Å². The average molecular weight is 486 g/mol. The molecule has 0 spiro atoms. The molecule has 3 aromatic rings. The van der Waals surface area contributed by atoms with E-state index >= 15 is 0 Å². The molecule has 2 N–H and O–H groups in total. The number of ether oxygens (including phenoxy) is 1. The van der Waals surface area contributed by atoms with Crippen molar-refractivity contribution in [3.8, 4) is 11.1 Å². The summed E-state index contributed by atoms with van der Waals surface area (Å²) >= 11 is 0. The number of nitrogens with one attached hydrogen (secondary N) is 2. The Balaban J connectivity index is 1.58. The first kappa shape index (κ1) is 25.4. The number of rotatable bonds is 5. The third kappa shape index (κ3) is 5.93. The second-order valence-electron chi connectivity index (χ2n) is 10.5. The lowest BCUT2D eigenvalue weighted by Crippen LogP contribution is -2.49. The second kappa shape index (κ2) is 10.5. The molecular weight excluding hydrogens is 450 g/mol. The fraction of sp³-hybridized carbons (Fsp3) is 0.367. The molecule has 36 heavy (non-hydrogen) atoms. The highest BCUT2D eigenvalue weighted by Gasteiger charge is 2.35. The SMILES string of the molecule is Cc1ccnc(C)c1-c1ccc(NC(=O)C(NC(=O)OC(C)(C)C)C2CCCc3ccccc32)cc1. The summed E-state index contributed by atoms with van der Waals surface area (Å²) in [6, 6.07) is 17.1. The van der Waals surface area contributed by atoms with Gasteiger partial charge in [0.25, 0.3) is 0 Å². The topological polar surface area (TPSA) is 80.3 Å². The van der Waals surface area contributed by atoms with E-state index in [-0.39, 0.29) is 11.8 Å². The first-order chi connectivity index (χ1) is 17.1. The quantitative estimate of drug-likeness (QED) is 0.443. The van der Waals surface area contributed by atoms with Crippen LogP contribution in [0.25, 0.3) is 11.1 Å². The molecule has 1 aromatic heterocycles. The zero-order valence-corrected chi connectivity index (χ0v) is 21.7. The molecule has 6 nitrogen and oxygen atoms in total. The van der Waals surface area contributed by atoms with Crippen LogP contribution in [0.3, 0.4) is 0 Å². The molecule has 188 valence electrons. The van der Waals surface area contributed by atoms with Gasteiger partial charge in [-0.1, -0.05) is 36.4 Å². The predicted octanol–water partition coefficient (Wildman–Crippen LogP) is 6.32. The van der Waals surface area contributed by atoms with Crippen LogP contribution in [-0.2, 0) is 16.0 Å². The number of anilines is 1. The molecule has 2 unspecified atom stereocenters. The van der Waals surface area contributed by atoms with Gasteiger partial charge >= 0.3 is 6.09 Å². The molecule has 2 atom stereocenters. The Morgan fingerprint density at radius 2 is 1.75 bits per heavy atom. The Kier molecular flexibility index (Phi) is 7.43. The third-order valence-electron chi connectivity index (χ3n) is 6.56. The van der Waals surface area contributed by atoms with Crippen molar-refractivity contribution in [1.82, 2.24) is 10.3 Å². The molecule has 4 rings (SSSR count). The Hall–Kier alpha value is -3.67. The number of hydrogen-bond donors (Lipinski definition) is 2. The van der Waals surface area contributed by atoms with Gasteiger partial charge in [-0.2, -0.15) is 0 Å². The van der Waals surface area contributed by atoms with E-state index in [2.05, 4.69) is 34.7 Å². The molecule has 0 saturated heterocycles. The molecule has 1 aliphatic carbocycles. The van der Waals surface area contributed by atoms with Gasteiger partial charge in [0.15, 0.2) is 0 Å². The van der Waals surface area contributed by atoms with Crippen LogP contribution in [-0.4, -0.2) is 28.6 Å². The van der Waals surface area contributed by atoms with Crippen LogP contribution < -0.4 is 10.6 Å². The van der Waals surface area contributed by atoms with Crippen LogP contribution in [0.1, 0.15) is 61.9 Å². The van der Waals surface area contributed by atoms with E-state index in [1.54, 1.807) is 0 Å². The Bertz CT molecular complexity index is 1220. The maximum absolute atomic E-state index is 13.6. The Morgan fingerprint density at radius 3 is 2.44 bits per heavy atom. The van der Waals surface area contributed by atoms with E-state index in [1.165, 1.54) is 5.56 Å². The smallest absolute Gasteiger partial charge is 0.408 e. The number of carbonyl (C=O) groups excluding carboxylic acids is 2. The minimum Gasteiger partial charge on any atom is -0.444 e. The molecule has 1 aliphatic rings. The standard InChI is InChI=1S/C30H35N3O3/c1-19-17-18-31-20(2)26(19)22-13-15-23(16-14-22)32-28(34)27(33-29(35)36-30(3,4)5)25-12-8-10-21-9-6-7-11-24(21)25/h6-7,9,11,13-18,25,27H,8,10,12H2,1-5H3,(H,32,34)(H,33,35).